The summed E-state index contributed by atoms with van der Waals surface area (Å²) in [5.74, 6) is -1.22. The maximum Gasteiger partial charge on any atom is 0.329 e. The van der Waals surface area contributed by atoms with Gasteiger partial charge in [-0.25, -0.2) is 4.79 Å². The first kappa shape index (κ1) is 13.4. The van der Waals surface area contributed by atoms with Gasteiger partial charge in [0.25, 0.3) is 5.91 Å². The van der Waals surface area contributed by atoms with Crippen molar-refractivity contribution in [3.05, 3.63) is 59.9 Å². The van der Waals surface area contributed by atoms with Crippen molar-refractivity contribution in [3.63, 3.8) is 0 Å². The number of carboxylic acid groups (broad SMARTS) is 1. The zero-order valence-electron chi connectivity index (χ0n) is 11.2. The zero-order chi connectivity index (χ0) is 14.8. The van der Waals surface area contributed by atoms with Crippen LogP contribution >= 0.6 is 0 Å². The molecule has 0 fully saturated rings. The number of hydrogen-bond acceptors (Lipinski definition) is 3. The van der Waals surface area contributed by atoms with Gasteiger partial charge in [-0.3, -0.25) is 9.69 Å². The number of carboxylic acids is 1. The summed E-state index contributed by atoms with van der Waals surface area (Å²) in [4.78, 5) is 24.7. The molecular weight excluding hydrogens is 272 g/mol. The van der Waals surface area contributed by atoms with E-state index in [0.717, 1.165) is 0 Å². The minimum atomic E-state index is -1.06. The Hall–Kier alpha value is -2.60. The average molecular weight is 286 g/mol. The number of ether oxygens (including phenoxy) is 1. The summed E-state index contributed by atoms with van der Waals surface area (Å²) in [6.07, 6.45) is 3.00. The summed E-state index contributed by atoms with van der Waals surface area (Å²) in [5.41, 5.74) is 1.26. The number of aromatic nitrogens is 1. The van der Waals surface area contributed by atoms with Gasteiger partial charge in [0.05, 0.1) is 6.67 Å². The van der Waals surface area contributed by atoms with Crippen LogP contribution in [0.1, 0.15) is 22.1 Å². The molecule has 1 aromatic heterocycles. The molecule has 0 saturated carbocycles. The summed E-state index contributed by atoms with van der Waals surface area (Å²) in [6.45, 7) is -0.140. The van der Waals surface area contributed by atoms with Crippen LogP contribution in [0.15, 0.2) is 48.8 Å². The first-order valence-electron chi connectivity index (χ1n) is 6.51. The Labute approximate surface area is 121 Å². The molecule has 1 atom stereocenters. The lowest BCUT2D eigenvalue weighted by Gasteiger charge is -2.25. The molecular formula is C15H14N2O4. The molecule has 2 aromatic rings. The van der Waals surface area contributed by atoms with E-state index in [1.54, 1.807) is 18.2 Å². The number of benzene rings is 1. The molecule has 1 aliphatic rings. The molecule has 6 nitrogen and oxygen atoms in total. The predicted molar refractivity (Wildman–Crippen MR) is 73.4 cm³/mol. The Morgan fingerprint density at radius 3 is 2.62 bits per heavy atom. The van der Waals surface area contributed by atoms with Crippen LogP contribution in [0, 0.1) is 0 Å². The topological polar surface area (TPSA) is 71.8 Å². The smallest absolute Gasteiger partial charge is 0.329 e. The lowest BCUT2D eigenvalue weighted by molar-refractivity contribution is -0.148. The van der Waals surface area contributed by atoms with E-state index in [4.69, 9.17) is 9.84 Å². The van der Waals surface area contributed by atoms with E-state index < -0.39 is 18.8 Å². The normalized spacial score (nSPS) is 17.0. The molecule has 0 saturated heterocycles. The van der Waals surface area contributed by atoms with E-state index in [2.05, 4.69) is 0 Å². The van der Waals surface area contributed by atoms with Crippen molar-refractivity contribution >= 4 is 11.9 Å². The zero-order valence-corrected chi connectivity index (χ0v) is 11.2. The van der Waals surface area contributed by atoms with Gasteiger partial charge in [-0.15, -0.1) is 0 Å². The second-order valence-electron chi connectivity index (χ2n) is 4.76. The van der Waals surface area contributed by atoms with Gasteiger partial charge >= 0.3 is 5.97 Å². The molecule has 21 heavy (non-hydrogen) atoms. The fourth-order valence-corrected chi connectivity index (χ4v) is 2.44. The largest absolute Gasteiger partial charge is 0.480 e. The van der Waals surface area contributed by atoms with Crippen molar-refractivity contribution in [3.8, 4) is 0 Å². The van der Waals surface area contributed by atoms with Crippen molar-refractivity contribution in [2.45, 2.75) is 12.9 Å². The first-order chi connectivity index (χ1) is 10.2. The molecule has 1 N–H and O–H groups in total. The monoisotopic (exact) mass is 286 g/mol. The summed E-state index contributed by atoms with van der Waals surface area (Å²) in [6, 6.07) is 10.8. The molecule has 3 rings (SSSR count). The number of carbonyl (C=O) groups is 2. The third-order valence-electron chi connectivity index (χ3n) is 3.35. The van der Waals surface area contributed by atoms with E-state index in [0.29, 0.717) is 17.8 Å². The van der Waals surface area contributed by atoms with Gasteiger partial charge in [0.2, 0.25) is 0 Å². The second-order valence-corrected chi connectivity index (χ2v) is 4.76. The van der Waals surface area contributed by atoms with Crippen LogP contribution in [-0.2, 0) is 16.2 Å². The minimum Gasteiger partial charge on any atom is -0.480 e. The van der Waals surface area contributed by atoms with Crippen molar-refractivity contribution < 1.29 is 19.4 Å². The van der Waals surface area contributed by atoms with E-state index in [-0.39, 0.29) is 5.91 Å². The molecule has 6 heteroatoms. The Bertz CT molecular complexity index is 666. The molecule has 0 aliphatic carbocycles. The summed E-state index contributed by atoms with van der Waals surface area (Å²) < 4.78 is 7.25. The average Bonchev–Trinajstić information content (AvgIpc) is 3.06. The third kappa shape index (κ3) is 2.53. The summed E-state index contributed by atoms with van der Waals surface area (Å²) in [5, 5.41) is 8.80. The number of amides is 1. The van der Waals surface area contributed by atoms with Crippen molar-refractivity contribution in [1.29, 1.82) is 0 Å². The van der Waals surface area contributed by atoms with Gasteiger partial charge in [-0.05, 0) is 18.2 Å². The van der Waals surface area contributed by atoms with Crippen LogP contribution in [0.5, 0.6) is 0 Å². The van der Waals surface area contributed by atoms with Gasteiger partial charge in [0, 0.05) is 23.5 Å². The number of fused-ring (bicyclic) bond motifs is 1. The standard InChI is InChI=1S/C15H14N2O4/c18-13(19)9-21-15-12-6-2-1-5-11(12)14(20)17(15)10-16-7-3-4-8-16/h1-8,15H,9-10H2,(H,18,19). The van der Waals surface area contributed by atoms with Crippen LogP contribution in [0.2, 0.25) is 0 Å². The highest BCUT2D eigenvalue weighted by atomic mass is 16.5. The molecule has 108 valence electrons. The number of carbonyl (C=O) groups excluding carboxylic acids is 1. The molecule has 0 radical (unpaired) electrons. The second kappa shape index (κ2) is 5.41. The van der Waals surface area contributed by atoms with Gasteiger partial charge in [0.1, 0.15) is 6.61 Å². The maximum absolute atomic E-state index is 12.5. The van der Waals surface area contributed by atoms with Crippen LogP contribution in [0.25, 0.3) is 0 Å². The molecule has 2 heterocycles. The van der Waals surface area contributed by atoms with Gasteiger partial charge in [-0.1, -0.05) is 18.2 Å². The molecule has 1 aromatic carbocycles. The molecule has 0 bridgehead atoms. The lowest BCUT2D eigenvalue weighted by Crippen LogP contribution is -2.32. The highest BCUT2D eigenvalue weighted by molar-refractivity contribution is 5.98. The molecule has 1 aliphatic heterocycles. The quantitative estimate of drug-likeness (QED) is 0.908. The number of nitrogens with zero attached hydrogens (tertiary/aromatic N) is 2. The third-order valence-corrected chi connectivity index (χ3v) is 3.35. The van der Waals surface area contributed by atoms with E-state index in [1.807, 2.05) is 35.2 Å². The SMILES string of the molecule is O=C(O)COC1c2ccccc2C(=O)N1Cn1cccc1. The van der Waals surface area contributed by atoms with Gasteiger partial charge in [0.15, 0.2) is 6.23 Å². The Kier molecular flexibility index (Phi) is 3.45. The molecule has 0 spiro atoms. The van der Waals surface area contributed by atoms with Crippen molar-refractivity contribution in [2.24, 2.45) is 0 Å². The van der Waals surface area contributed by atoms with E-state index in [1.165, 1.54) is 4.90 Å². The summed E-state index contributed by atoms with van der Waals surface area (Å²) >= 11 is 0. The number of hydrogen-bond donors (Lipinski definition) is 1. The molecule has 1 amide bonds. The fraction of sp³-hybridized carbons (Fsp3) is 0.200. The van der Waals surface area contributed by atoms with Crippen LogP contribution in [0.4, 0.5) is 0 Å². The lowest BCUT2D eigenvalue weighted by atomic mass is 10.1. The highest BCUT2D eigenvalue weighted by Crippen LogP contribution is 2.34. The van der Waals surface area contributed by atoms with Crippen LogP contribution in [-0.4, -0.2) is 33.1 Å². The number of aliphatic carboxylic acids is 1. The summed E-state index contributed by atoms with van der Waals surface area (Å²) in [7, 11) is 0. The Balaban J connectivity index is 1.90. The Morgan fingerprint density at radius 2 is 1.90 bits per heavy atom. The number of rotatable bonds is 5. The minimum absolute atomic E-state index is 0.158. The highest BCUT2D eigenvalue weighted by Gasteiger charge is 2.37. The van der Waals surface area contributed by atoms with E-state index >= 15 is 0 Å². The molecule has 1 unspecified atom stereocenters. The predicted octanol–water partition coefficient (Wildman–Crippen LogP) is 1.70. The fourth-order valence-electron chi connectivity index (χ4n) is 2.44. The Morgan fingerprint density at radius 1 is 1.19 bits per heavy atom. The van der Waals surface area contributed by atoms with Crippen LogP contribution < -0.4 is 0 Å². The van der Waals surface area contributed by atoms with Gasteiger partial charge < -0.3 is 14.4 Å². The first-order valence-corrected chi connectivity index (χ1v) is 6.51. The van der Waals surface area contributed by atoms with Crippen molar-refractivity contribution in [2.75, 3.05) is 6.61 Å². The maximum atomic E-state index is 12.5. The van der Waals surface area contributed by atoms with Crippen molar-refractivity contribution in [1.82, 2.24) is 9.47 Å². The van der Waals surface area contributed by atoms with Gasteiger partial charge in [-0.2, -0.15) is 0 Å². The van der Waals surface area contributed by atoms with Crippen LogP contribution in [0.3, 0.4) is 0 Å². The van der Waals surface area contributed by atoms with E-state index in [9.17, 15) is 9.59 Å².